The summed E-state index contributed by atoms with van der Waals surface area (Å²) in [6.45, 7) is 1.51. The van der Waals surface area contributed by atoms with Crippen molar-refractivity contribution in [1.29, 1.82) is 0 Å². The summed E-state index contributed by atoms with van der Waals surface area (Å²) in [6.07, 6.45) is 1.40. The number of benzene rings is 2. The molecule has 6 heteroatoms. The van der Waals surface area contributed by atoms with Crippen LogP contribution in [0, 0.1) is 5.21 Å². The zero-order valence-corrected chi connectivity index (χ0v) is 15.3. The Morgan fingerprint density at radius 1 is 0.893 bits per heavy atom. The highest BCUT2D eigenvalue weighted by Crippen LogP contribution is 2.22. The van der Waals surface area contributed by atoms with Crippen LogP contribution >= 0.6 is 0 Å². The number of ether oxygens (including phenoxy) is 1. The van der Waals surface area contributed by atoms with Crippen molar-refractivity contribution in [2.75, 3.05) is 0 Å². The zero-order chi connectivity index (χ0) is 19.9. The monoisotopic (exact) mass is 376 g/mol. The maximum Gasteiger partial charge on any atom is 0.339 e. The van der Waals surface area contributed by atoms with Gasteiger partial charge in [-0.25, -0.2) is 4.79 Å². The van der Waals surface area contributed by atoms with E-state index in [1.54, 1.807) is 0 Å². The van der Waals surface area contributed by atoms with Crippen LogP contribution in [0.2, 0.25) is 0 Å². The second-order valence-corrected chi connectivity index (χ2v) is 6.26. The van der Waals surface area contributed by atoms with Crippen molar-refractivity contribution in [2.45, 2.75) is 19.1 Å². The van der Waals surface area contributed by atoms with E-state index in [4.69, 9.17) is 4.74 Å². The summed E-state index contributed by atoms with van der Waals surface area (Å²) in [5.41, 5.74) is 2.04. The highest BCUT2D eigenvalue weighted by Gasteiger charge is 2.23. The number of carbonyl (C=O) groups is 2. The normalized spacial score (nSPS) is 11.6. The average Bonchev–Trinajstić information content (AvgIpc) is 2.73. The topological polar surface area (TPSA) is 82.3 Å². The molecule has 1 aromatic heterocycles. The number of hydrogen-bond donors (Lipinski definition) is 1. The number of pyridine rings is 1. The minimum Gasteiger partial charge on any atom is -0.619 e. The third kappa shape index (κ3) is 4.73. The van der Waals surface area contributed by atoms with E-state index in [2.05, 4.69) is 5.32 Å². The predicted molar refractivity (Wildman–Crippen MR) is 103 cm³/mol. The Morgan fingerprint density at radius 2 is 1.39 bits per heavy atom. The van der Waals surface area contributed by atoms with Gasteiger partial charge in [-0.2, -0.15) is 4.73 Å². The molecule has 28 heavy (non-hydrogen) atoms. The number of esters is 1. The van der Waals surface area contributed by atoms with E-state index in [1.165, 1.54) is 31.5 Å². The Hall–Kier alpha value is -3.67. The van der Waals surface area contributed by atoms with Crippen molar-refractivity contribution in [2.24, 2.45) is 0 Å². The molecule has 0 aliphatic rings. The van der Waals surface area contributed by atoms with Crippen LogP contribution in [0.4, 0.5) is 0 Å². The van der Waals surface area contributed by atoms with Crippen LogP contribution in [0.25, 0.3) is 0 Å². The van der Waals surface area contributed by atoms with E-state index >= 15 is 0 Å². The fourth-order valence-corrected chi connectivity index (χ4v) is 2.74. The second-order valence-electron chi connectivity index (χ2n) is 6.26. The van der Waals surface area contributed by atoms with Gasteiger partial charge in [-0.15, -0.1) is 0 Å². The van der Waals surface area contributed by atoms with Gasteiger partial charge in [0.25, 0.3) is 5.91 Å². The van der Waals surface area contributed by atoms with E-state index in [0.29, 0.717) is 4.73 Å². The van der Waals surface area contributed by atoms with E-state index in [-0.39, 0.29) is 11.6 Å². The molecule has 1 atom stereocenters. The quantitative estimate of drug-likeness (QED) is 0.407. The van der Waals surface area contributed by atoms with Crippen molar-refractivity contribution in [3.8, 4) is 0 Å². The minimum atomic E-state index is -0.998. The molecule has 0 spiro atoms. The van der Waals surface area contributed by atoms with Gasteiger partial charge in [-0.05, 0) is 18.1 Å². The first kappa shape index (κ1) is 19.1. The number of hydrogen-bond acceptors (Lipinski definition) is 4. The molecule has 1 heterocycles. The van der Waals surface area contributed by atoms with Gasteiger partial charge in [0.2, 0.25) is 0 Å². The van der Waals surface area contributed by atoms with Gasteiger partial charge >= 0.3 is 5.97 Å². The van der Waals surface area contributed by atoms with Gasteiger partial charge in [-0.1, -0.05) is 60.7 Å². The van der Waals surface area contributed by atoms with Gasteiger partial charge in [0.05, 0.1) is 11.6 Å². The molecule has 1 N–H and O–H groups in total. The molecule has 6 nitrogen and oxygen atoms in total. The van der Waals surface area contributed by atoms with Gasteiger partial charge in [0, 0.05) is 12.1 Å². The van der Waals surface area contributed by atoms with Crippen LogP contribution in [-0.4, -0.2) is 18.0 Å². The van der Waals surface area contributed by atoms with Crippen LogP contribution in [0.3, 0.4) is 0 Å². The lowest BCUT2D eigenvalue weighted by atomic mass is 9.98. The van der Waals surface area contributed by atoms with Gasteiger partial charge in [0.15, 0.2) is 18.5 Å². The standard InChI is InChI=1S/C22H20N2O4/c1-16(28-22(26)19-12-14-24(27)15-13-19)21(25)23-20(17-8-4-2-5-9-17)18-10-6-3-7-11-18/h2-16,20H,1H3,(H,23,25)/t16-/m0/s1. The largest absolute Gasteiger partial charge is 0.619 e. The van der Waals surface area contributed by atoms with Crippen LogP contribution in [-0.2, 0) is 9.53 Å². The van der Waals surface area contributed by atoms with Crippen molar-refractivity contribution in [3.05, 3.63) is 107 Å². The smallest absolute Gasteiger partial charge is 0.339 e. The molecule has 0 saturated heterocycles. The molecule has 142 valence electrons. The zero-order valence-electron chi connectivity index (χ0n) is 15.3. The molecular formula is C22H20N2O4. The van der Waals surface area contributed by atoms with E-state index in [9.17, 15) is 14.8 Å². The Labute approximate surface area is 163 Å². The minimum absolute atomic E-state index is 0.203. The summed E-state index contributed by atoms with van der Waals surface area (Å²) in [5, 5.41) is 14.0. The van der Waals surface area contributed by atoms with Crippen LogP contribution < -0.4 is 10.0 Å². The summed E-state index contributed by atoms with van der Waals surface area (Å²) in [5.74, 6) is -1.08. The highest BCUT2D eigenvalue weighted by molar-refractivity contribution is 5.92. The van der Waals surface area contributed by atoms with Crippen LogP contribution in [0.1, 0.15) is 34.5 Å². The summed E-state index contributed by atoms with van der Waals surface area (Å²) in [4.78, 5) is 24.9. The summed E-state index contributed by atoms with van der Waals surface area (Å²) in [6, 6.07) is 21.4. The Kier molecular flexibility index (Phi) is 6.01. The first-order valence-electron chi connectivity index (χ1n) is 8.84. The molecule has 0 radical (unpaired) electrons. The second kappa shape index (κ2) is 8.81. The average molecular weight is 376 g/mol. The number of amides is 1. The maximum atomic E-state index is 12.7. The summed E-state index contributed by atoms with van der Waals surface area (Å²) in [7, 11) is 0. The summed E-state index contributed by atoms with van der Waals surface area (Å²) < 4.78 is 5.82. The molecule has 0 fully saturated rings. The van der Waals surface area contributed by atoms with E-state index < -0.39 is 18.0 Å². The Bertz CT molecular complexity index is 888. The fourth-order valence-electron chi connectivity index (χ4n) is 2.74. The highest BCUT2D eigenvalue weighted by atomic mass is 16.5. The summed E-state index contributed by atoms with van der Waals surface area (Å²) >= 11 is 0. The molecule has 0 aliphatic carbocycles. The Balaban J connectivity index is 1.72. The molecule has 2 aromatic carbocycles. The number of nitrogens with one attached hydrogen (secondary N) is 1. The Morgan fingerprint density at radius 3 is 1.89 bits per heavy atom. The number of nitrogens with zero attached hydrogens (tertiary/aromatic N) is 1. The fraction of sp³-hybridized carbons (Fsp3) is 0.136. The molecule has 3 rings (SSSR count). The molecule has 0 aliphatic heterocycles. The van der Waals surface area contributed by atoms with Crippen molar-refractivity contribution in [1.82, 2.24) is 5.32 Å². The lowest BCUT2D eigenvalue weighted by molar-refractivity contribution is -0.605. The third-order valence-electron chi connectivity index (χ3n) is 4.24. The molecule has 0 unspecified atom stereocenters. The number of aromatic nitrogens is 1. The lowest BCUT2D eigenvalue weighted by Crippen LogP contribution is -2.38. The van der Waals surface area contributed by atoms with Gasteiger partial charge < -0.3 is 15.3 Å². The lowest BCUT2D eigenvalue weighted by Gasteiger charge is -2.22. The van der Waals surface area contributed by atoms with Crippen molar-refractivity contribution < 1.29 is 19.1 Å². The van der Waals surface area contributed by atoms with Crippen molar-refractivity contribution in [3.63, 3.8) is 0 Å². The van der Waals surface area contributed by atoms with Gasteiger partial charge in [0.1, 0.15) is 0 Å². The first-order chi connectivity index (χ1) is 13.5. The maximum absolute atomic E-state index is 12.7. The van der Waals surface area contributed by atoms with E-state index in [0.717, 1.165) is 11.1 Å². The predicted octanol–water partition coefficient (Wildman–Crippen LogP) is 2.77. The third-order valence-corrected chi connectivity index (χ3v) is 4.24. The molecule has 0 saturated carbocycles. The molecule has 3 aromatic rings. The van der Waals surface area contributed by atoms with Crippen molar-refractivity contribution >= 4 is 11.9 Å². The molecule has 0 bridgehead atoms. The van der Waals surface area contributed by atoms with Gasteiger partial charge in [-0.3, -0.25) is 4.79 Å². The first-order valence-corrected chi connectivity index (χ1v) is 8.84. The van der Waals surface area contributed by atoms with Crippen LogP contribution in [0.15, 0.2) is 85.2 Å². The van der Waals surface area contributed by atoms with Crippen LogP contribution in [0.5, 0.6) is 0 Å². The number of rotatable bonds is 6. The SMILES string of the molecule is C[C@H](OC(=O)c1cc[n+]([O-])cc1)C(=O)NC(c1ccccc1)c1ccccc1. The number of carbonyl (C=O) groups excluding carboxylic acids is 2. The molecule has 1 amide bonds. The molecular weight excluding hydrogens is 356 g/mol. The van der Waals surface area contributed by atoms with E-state index in [1.807, 2.05) is 60.7 Å².